The van der Waals surface area contributed by atoms with Crippen LogP contribution in [0.2, 0.25) is 5.28 Å². The summed E-state index contributed by atoms with van der Waals surface area (Å²) < 4.78 is 139. The Labute approximate surface area is 246 Å². The van der Waals surface area contributed by atoms with Gasteiger partial charge in [0, 0.05) is 17.2 Å². The fourth-order valence-corrected chi connectivity index (χ4v) is 8.40. The molecule has 43 heavy (non-hydrogen) atoms. The predicted molar refractivity (Wildman–Crippen MR) is 140 cm³/mol. The number of benzene rings is 2. The van der Waals surface area contributed by atoms with E-state index in [1.807, 2.05) is 0 Å². The molecule has 0 saturated heterocycles. The summed E-state index contributed by atoms with van der Waals surface area (Å²) in [6.45, 7) is 0. The van der Waals surface area contributed by atoms with Crippen LogP contribution in [0, 0.1) is 17.0 Å². The van der Waals surface area contributed by atoms with E-state index in [1.165, 1.54) is 24.4 Å². The molecule has 2 aromatic heterocycles. The third kappa shape index (κ3) is 4.73. The molecule has 0 unspecified atom stereocenters. The van der Waals surface area contributed by atoms with E-state index < -0.39 is 61.0 Å². The van der Waals surface area contributed by atoms with Gasteiger partial charge in [-0.05, 0) is 61.2 Å². The molecule has 4 aromatic rings. The Morgan fingerprint density at radius 2 is 1.60 bits per heavy atom. The van der Waals surface area contributed by atoms with Crippen LogP contribution in [-0.2, 0) is 21.6 Å². The van der Waals surface area contributed by atoms with Gasteiger partial charge in [0.1, 0.15) is 15.7 Å². The lowest BCUT2D eigenvalue weighted by molar-refractivity contribution is -0.337. The van der Waals surface area contributed by atoms with E-state index in [0.717, 1.165) is 17.4 Å². The lowest BCUT2D eigenvalue weighted by Gasteiger charge is -2.69. The third-order valence-electron chi connectivity index (χ3n) is 7.61. The lowest BCUT2D eigenvalue weighted by atomic mass is 9.35. The number of anilines is 1. The van der Waals surface area contributed by atoms with E-state index in [2.05, 4.69) is 15.0 Å². The summed E-state index contributed by atoms with van der Waals surface area (Å²) in [4.78, 5) is 10.8. The quantitative estimate of drug-likeness (QED) is 0.167. The van der Waals surface area contributed by atoms with Crippen LogP contribution in [0.1, 0.15) is 29.8 Å². The molecule has 2 aromatic carbocycles. The van der Waals surface area contributed by atoms with Gasteiger partial charge in [-0.15, -0.1) is 11.3 Å². The number of nitrogens with one attached hydrogen (secondary N) is 1. The molecule has 0 amide bonds. The molecule has 3 aliphatic carbocycles. The zero-order valence-electron chi connectivity index (χ0n) is 21.1. The molecule has 226 valence electrons. The molecule has 17 heteroatoms. The number of aromatic nitrogens is 3. The van der Waals surface area contributed by atoms with Crippen LogP contribution in [-0.4, -0.2) is 29.5 Å². The average Bonchev–Trinajstić information content (AvgIpc) is 3.26. The molecule has 1 N–H and O–H groups in total. The van der Waals surface area contributed by atoms with Gasteiger partial charge in [0.05, 0.1) is 32.9 Å². The maximum Gasteiger partial charge on any atom is 0.417 e. The first-order valence-corrected chi connectivity index (χ1v) is 14.9. The number of rotatable bonds is 6. The van der Waals surface area contributed by atoms with E-state index in [0.29, 0.717) is 18.2 Å². The van der Waals surface area contributed by atoms with Crippen LogP contribution in [0.3, 0.4) is 0 Å². The average molecular weight is 667 g/mol. The molecule has 2 heterocycles. The van der Waals surface area contributed by atoms with Crippen molar-refractivity contribution in [2.75, 3.05) is 4.72 Å². The maximum atomic E-state index is 16.0. The SMILES string of the molecule is O=S(=O)(Nc1cccc(-c2nc(C34CC(C(F)(F)F)(C3)C4)sc2-c2ccnc(Cl)n2)c1F)c1c(F)cccc1C(F)(F)F. The second kappa shape index (κ2) is 9.56. The number of hydrogen-bond donors (Lipinski definition) is 1. The van der Waals surface area contributed by atoms with Gasteiger partial charge in [0.2, 0.25) is 5.28 Å². The van der Waals surface area contributed by atoms with Crippen LogP contribution in [0.4, 0.5) is 40.8 Å². The number of hydrogen-bond acceptors (Lipinski definition) is 6. The van der Waals surface area contributed by atoms with Crippen LogP contribution < -0.4 is 4.72 Å². The molecule has 3 aliphatic rings. The van der Waals surface area contributed by atoms with Gasteiger partial charge in [-0.25, -0.2) is 32.2 Å². The summed E-state index contributed by atoms with van der Waals surface area (Å²) >= 11 is 6.90. The number of sulfonamides is 1. The Bertz CT molecular complexity index is 1870. The number of alkyl halides is 6. The van der Waals surface area contributed by atoms with Crippen molar-refractivity contribution in [2.45, 2.75) is 41.9 Å². The van der Waals surface area contributed by atoms with Gasteiger partial charge >= 0.3 is 12.4 Å². The maximum absolute atomic E-state index is 16.0. The first-order valence-electron chi connectivity index (χ1n) is 12.2. The molecular weight excluding hydrogens is 652 g/mol. The molecule has 0 aliphatic heterocycles. The molecule has 3 fully saturated rings. The summed E-state index contributed by atoms with van der Waals surface area (Å²) in [7, 11) is -5.32. The highest BCUT2D eigenvalue weighted by molar-refractivity contribution is 7.92. The van der Waals surface area contributed by atoms with Crippen molar-refractivity contribution in [2.24, 2.45) is 5.41 Å². The topological polar surface area (TPSA) is 84.8 Å². The fourth-order valence-electron chi connectivity index (χ4n) is 5.67. The van der Waals surface area contributed by atoms with E-state index >= 15 is 4.39 Å². The van der Waals surface area contributed by atoms with Gasteiger partial charge < -0.3 is 0 Å². The minimum atomic E-state index is -5.32. The molecule has 2 bridgehead atoms. The highest BCUT2D eigenvalue weighted by Crippen LogP contribution is 2.79. The van der Waals surface area contributed by atoms with Crippen LogP contribution >= 0.6 is 22.9 Å². The first kappa shape index (κ1) is 29.7. The summed E-state index contributed by atoms with van der Waals surface area (Å²) in [5.74, 6) is -2.99. The van der Waals surface area contributed by atoms with Crippen LogP contribution in [0.15, 0.2) is 53.6 Å². The molecule has 6 nitrogen and oxygen atoms in total. The molecule has 7 rings (SSSR count). The Kier molecular flexibility index (Phi) is 6.60. The Hall–Kier alpha value is -3.37. The van der Waals surface area contributed by atoms with E-state index in [-0.39, 0.29) is 51.4 Å². The predicted octanol–water partition coefficient (Wildman–Crippen LogP) is 8.00. The van der Waals surface area contributed by atoms with Gasteiger partial charge in [-0.1, -0.05) is 12.1 Å². The molecule has 0 radical (unpaired) electrons. The van der Waals surface area contributed by atoms with Gasteiger partial charge in [0.15, 0.2) is 5.82 Å². The van der Waals surface area contributed by atoms with Crippen LogP contribution in [0.25, 0.3) is 21.8 Å². The van der Waals surface area contributed by atoms with E-state index in [1.54, 1.807) is 4.72 Å². The third-order valence-corrected chi connectivity index (χ3v) is 10.6. The Morgan fingerprint density at radius 3 is 2.23 bits per heavy atom. The van der Waals surface area contributed by atoms with Crippen molar-refractivity contribution in [3.05, 3.63) is 76.2 Å². The first-order chi connectivity index (χ1) is 20.0. The Morgan fingerprint density at radius 1 is 0.930 bits per heavy atom. The summed E-state index contributed by atoms with van der Waals surface area (Å²) in [5, 5.41) is 0.0946. The molecular formula is C26H15ClF8N4O2S2. The second-order valence-corrected chi connectivity index (χ2v) is 13.3. The standard InChI is InChI=1S/C26H15ClF8N4O2S2/c27-22-36-8-7-16(37-22)19-18(38-21(42-19)23-9-24(10-23,11-23)26(33,34)35)12-3-1-6-15(17(12)29)39-43(40,41)20-13(25(30,31)32)4-2-5-14(20)28/h1-8,39H,9-11H2. The monoisotopic (exact) mass is 666 g/mol. The smallest absolute Gasteiger partial charge is 0.277 e. The Balaban J connectivity index is 1.43. The van der Waals surface area contributed by atoms with Gasteiger partial charge in [-0.3, -0.25) is 4.72 Å². The van der Waals surface area contributed by atoms with Crippen molar-refractivity contribution < 1.29 is 43.5 Å². The van der Waals surface area contributed by atoms with Crippen molar-refractivity contribution in [1.29, 1.82) is 0 Å². The largest absolute Gasteiger partial charge is 0.417 e. The zero-order chi connectivity index (χ0) is 31.2. The van der Waals surface area contributed by atoms with Crippen molar-refractivity contribution >= 4 is 38.6 Å². The number of halogens is 9. The fraction of sp³-hybridized carbons (Fsp3) is 0.269. The van der Waals surface area contributed by atoms with Crippen molar-refractivity contribution in [3.8, 4) is 21.8 Å². The molecule has 3 saturated carbocycles. The van der Waals surface area contributed by atoms with Crippen molar-refractivity contribution in [1.82, 2.24) is 15.0 Å². The second-order valence-electron chi connectivity index (χ2n) is 10.4. The zero-order valence-corrected chi connectivity index (χ0v) is 23.5. The van der Waals surface area contributed by atoms with Crippen LogP contribution in [0.5, 0.6) is 0 Å². The van der Waals surface area contributed by atoms with Gasteiger partial charge in [0.25, 0.3) is 10.0 Å². The van der Waals surface area contributed by atoms with E-state index in [9.17, 15) is 39.2 Å². The number of nitrogens with zero attached hydrogens (tertiary/aromatic N) is 3. The minimum absolute atomic E-state index is 0.110. The minimum Gasteiger partial charge on any atom is -0.277 e. The highest BCUT2D eigenvalue weighted by atomic mass is 35.5. The molecule has 0 atom stereocenters. The van der Waals surface area contributed by atoms with Gasteiger partial charge in [-0.2, -0.15) is 26.3 Å². The summed E-state index contributed by atoms with van der Waals surface area (Å²) in [6, 6.07) is 6.26. The number of thiazole rings is 1. The lowest BCUT2D eigenvalue weighted by Crippen LogP contribution is -2.70. The van der Waals surface area contributed by atoms with Crippen molar-refractivity contribution in [3.63, 3.8) is 0 Å². The summed E-state index contributed by atoms with van der Waals surface area (Å²) in [6.07, 6.45) is -8.95. The summed E-state index contributed by atoms with van der Waals surface area (Å²) in [5.41, 5.74) is -5.60. The normalized spacial score (nSPS) is 21.7. The highest BCUT2D eigenvalue weighted by Gasteiger charge is 2.79. The van der Waals surface area contributed by atoms with E-state index in [4.69, 9.17) is 11.6 Å². The molecule has 0 spiro atoms.